The molecule has 2 N–H and O–H groups in total. The van der Waals surface area contributed by atoms with Crippen LogP contribution in [0.2, 0.25) is 0 Å². The van der Waals surface area contributed by atoms with Gasteiger partial charge in [-0.25, -0.2) is 14.8 Å². The summed E-state index contributed by atoms with van der Waals surface area (Å²) in [4.78, 5) is 44.9. The fourth-order valence-electron chi connectivity index (χ4n) is 2.68. The number of nitrogens with zero attached hydrogens (tertiary/aromatic N) is 1. The molecule has 0 fully saturated rings. The molecule has 15 heteroatoms. The summed E-state index contributed by atoms with van der Waals surface area (Å²) in [6.45, 7) is 0.207. The molecule has 0 saturated carbocycles. The van der Waals surface area contributed by atoms with Crippen molar-refractivity contribution in [2.75, 3.05) is 14.1 Å². The fourth-order valence-corrected chi connectivity index (χ4v) is 4.60. The van der Waals surface area contributed by atoms with Crippen LogP contribution in [0.25, 0.3) is 0 Å². The van der Waals surface area contributed by atoms with Gasteiger partial charge in [0, 0.05) is 37.3 Å². The molecule has 47 heavy (non-hydrogen) atoms. The van der Waals surface area contributed by atoms with E-state index in [1.54, 1.807) is 38.4 Å². The third kappa shape index (κ3) is 23.2. The number of benzene rings is 4. The molecule has 0 saturated heterocycles. The minimum Gasteiger partial charge on any atom is -1.00 e. The van der Waals surface area contributed by atoms with E-state index >= 15 is 0 Å². The molecular formula is C32H31Br5NNaO8. The van der Waals surface area contributed by atoms with Gasteiger partial charge < -0.3 is 21.1 Å². The van der Waals surface area contributed by atoms with Crippen LogP contribution in [0.4, 0.5) is 0 Å². The number of halogens is 5. The smallest absolute Gasteiger partial charge is 1.00 e. The number of ether oxygens (including phenoxy) is 1. The summed E-state index contributed by atoms with van der Waals surface area (Å²) in [5.74, 6) is -1.27. The zero-order valence-electron chi connectivity index (χ0n) is 26.5. The van der Waals surface area contributed by atoms with Gasteiger partial charge in [0.05, 0.1) is 11.1 Å². The predicted molar refractivity (Wildman–Crippen MR) is 196 cm³/mol. The SMILES string of the molecule is BrCc1ccccc1.CN(C)C=O.O=C(O)c1cc(Br)ccc1Br.O=C(OCc1ccccc1)c1cc(Br)ccc1Br.O=COO.[H-].[Na+]. The Bertz CT molecular complexity index is 1490. The standard InChI is InChI=1S/C14H10Br2O2.C7H4Br2O2.C7H7Br.C3H7NO.CH2O3.Na.H/c15-11-6-7-13(16)12(8-11)14(17)18-9-10-4-2-1-3-5-10;8-4-1-2-6(9)5(3-4)7(10)11;8-6-7-4-2-1-3-5-7;1-4(2)3-5;2-1-4-3;;/h1-8H,9H2;1-3H,(H,10,11);1-5H,6H2;3H,1-2H3;1,3H;;/q;;;;;+1;-1. The summed E-state index contributed by atoms with van der Waals surface area (Å²) < 4.78 is 8.18. The average Bonchev–Trinajstić information content (AvgIpc) is 3.07. The first-order valence-electron chi connectivity index (χ1n) is 12.7. The first-order chi connectivity index (χ1) is 21.9. The maximum Gasteiger partial charge on any atom is 1.00 e. The van der Waals surface area contributed by atoms with Gasteiger partial charge in [-0.05, 0) is 79.4 Å². The van der Waals surface area contributed by atoms with Crippen LogP contribution in [0, 0.1) is 0 Å². The molecular weight excluding hydrogens is 949 g/mol. The zero-order chi connectivity index (χ0) is 34.9. The van der Waals surface area contributed by atoms with Gasteiger partial charge in [-0.1, -0.05) is 108 Å². The molecule has 0 aliphatic heterocycles. The topological polar surface area (TPSA) is 130 Å². The normalized spacial score (nSPS) is 8.85. The number of carbonyl (C=O) groups excluding carboxylic acids is 3. The molecule has 0 spiro atoms. The zero-order valence-corrected chi connectivity index (χ0v) is 35.4. The van der Waals surface area contributed by atoms with Crippen LogP contribution >= 0.6 is 79.6 Å². The number of rotatable bonds is 7. The Morgan fingerprint density at radius 3 is 1.51 bits per heavy atom. The molecule has 248 valence electrons. The van der Waals surface area contributed by atoms with Gasteiger partial charge in [0.1, 0.15) is 6.61 Å². The van der Waals surface area contributed by atoms with E-state index in [9.17, 15) is 14.4 Å². The summed E-state index contributed by atoms with van der Waals surface area (Å²) in [6.07, 6.45) is 0.750. The van der Waals surface area contributed by atoms with Gasteiger partial charge in [-0.15, -0.1) is 0 Å². The van der Waals surface area contributed by atoms with Gasteiger partial charge in [-0.3, -0.25) is 9.59 Å². The summed E-state index contributed by atoms with van der Waals surface area (Å²) in [5, 5.41) is 16.6. The third-order valence-electron chi connectivity index (χ3n) is 4.77. The van der Waals surface area contributed by atoms with Crippen LogP contribution in [0.15, 0.2) is 115 Å². The Morgan fingerprint density at radius 1 is 0.766 bits per heavy atom. The number of carboxylic acids is 1. The molecule has 0 bridgehead atoms. The van der Waals surface area contributed by atoms with Crippen molar-refractivity contribution in [3.8, 4) is 0 Å². The van der Waals surface area contributed by atoms with Gasteiger partial charge in [0.2, 0.25) is 6.41 Å². The molecule has 0 radical (unpaired) electrons. The van der Waals surface area contributed by atoms with E-state index in [1.165, 1.54) is 10.5 Å². The number of carboxylic acid groups (broad SMARTS) is 1. The van der Waals surface area contributed by atoms with E-state index in [1.807, 2.05) is 60.7 Å². The quantitative estimate of drug-likeness (QED) is 0.0536. The predicted octanol–water partition coefficient (Wildman–Crippen LogP) is 6.51. The summed E-state index contributed by atoms with van der Waals surface area (Å²) >= 11 is 16.3. The number of esters is 1. The minimum atomic E-state index is -0.932. The van der Waals surface area contributed by atoms with Crippen molar-refractivity contribution in [1.82, 2.24) is 4.90 Å². The first-order valence-corrected chi connectivity index (χ1v) is 17.0. The Balaban J connectivity index is -0.000000581. The van der Waals surface area contributed by atoms with Crippen LogP contribution in [0.3, 0.4) is 0 Å². The van der Waals surface area contributed by atoms with Crippen LogP contribution in [0.5, 0.6) is 0 Å². The van der Waals surface area contributed by atoms with Crippen molar-refractivity contribution in [2.45, 2.75) is 11.9 Å². The number of aromatic carboxylic acids is 1. The van der Waals surface area contributed by atoms with Crippen molar-refractivity contribution in [2.24, 2.45) is 0 Å². The Kier molecular flexibility index (Phi) is 29.2. The van der Waals surface area contributed by atoms with Crippen molar-refractivity contribution in [3.63, 3.8) is 0 Å². The molecule has 4 aromatic carbocycles. The van der Waals surface area contributed by atoms with Crippen molar-refractivity contribution in [1.29, 1.82) is 0 Å². The van der Waals surface area contributed by atoms with Crippen molar-refractivity contribution in [3.05, 3.63) is 137 Å². The third-order valence-corrected chi connectivity index (χ3v) is 7.79. The van der Waals surface area contributed by atoms with Gasteiger partial charge in [0.25, 0.3) is 0 Å². The van der Waals surface area contributed by atoms with E-state index < -0.39 is 5.97 Å². The molecule has 0 unspecified atom stereocenters. The molecule has 4 aromatic rings. The fraction of sp³-hybridized carbons (Fsp3) is 0.125. The number of carbonyl (C=O) groups is 4. The Labute approximate surface area is 339 Å². The second kappa shape index (κ2) is 29.1. The van der Waals surface area contributed by atoms with Gasteiger partial charge >= 0.3 is 48.0 Å². The van der Waals surface area contributed by atoms with Gasteiger partial charge in [0.15, 0.2) is 0 Å². The molecule has 4 rings (SSSR count). The molecule has 0 aliphatic rings. The first kappa shape index (κ1) is 47.2. The van der Waals surface area contributed by atoms with E-state index in [4.69, 9.17) is 19.9 Å². The number of hydrogen-bond acceptors (Lipinski definition) is 7. The summed E-state index contributed by atoms with van der Waals surface area (Å²) in [6, 6.07) is 30.3. The van der Waals surface area contributed by atoms with E-state index in [0.29, 0.717) is 10.0 Å². The minimum absolute atomic E-state index is 0. The molecule has 0 heterocycles. The van der Waals surface area contributed by atoms with Gasteiger partial charge in [-0.2, -0.15) is 0 Å². The monoisotopic (exact) mass is 975 g/mol. The van der Waals surface area contributed by atoms with E-state index in [2.05, 4.69) is 96.7 Å². The number of amides is 1. The van der Waals surface area contributed by atoms with E-state index in [-0.39, 0.29) is 55.6 Å². The van der Waals surface area contributed by atoms with Crippen LogP contribution in [0.1, 0.15) is 33.3 Å². The second-order valence-electron chi connectivity index (χ2n) is 8.51. The molecule has 0 aliphatic carbocycles. The van der Waals surface area contributed by atoms with Crippen molar-refractivity contribution >= 4 is 104 Å². The van der Waals surface area contributed by atoms with E-state index in [0.717, 1.165) is 30.7 Å². The number of hydrogen-bond donors (Lipinski definition) is 2. The second-order valence-corrected chi connectivity index (χ2v) is 12.6. The van der Waals surface area contributed by atoms with Crippen molar-refractivity contribution < 1.29 is 70.2 Å². The summed E-state index contributed by atoms with van der Waals surface area (Å²) in [7, 11) is 3.38. The molecule has 9 nitrogen and oxygen atoms in total. The molecule has 0 aromatic heterocycles. The average molecular weight is 980 g/mol. The largest absolute Gasteiger partial charge is 1.00 e. The Hall–Kier alpha value is -1.88. The Morgan fingerprint density at radius 2 is 1.17 bits per heavy atom. The maximum atomic E-state index is 11.9. The summed E-state index contributed by atoms with van der Waals surface area (Å²) in [5.41, 5.74) is 3.07. The number of alkyl halides is 1. The van der Waals surface area contributed by atoms with Crippen LogP contribution in [-0.2, 0) is 31.2 Å². The maximum absolute atomic E-state index is 11.9. The van der Waals surface area contributed by atoms with Crippen LogP contribution < -0.4 is 29.6 Å². The van der Waals surface area contributed by atoms with Crippen LogP contribution in [-0.4, -0.2) is 54.2 Å². The molecule has 1 amide bonds. The molecule has 0 atom stereocenters.